The highest BCUT2D eigenvalue weighted by atomic mass is 32.1. The lowest BCUT2D eigenvalue weighted by atomic mass is 10.3. The van der Waals surface area contributed by atoms with Crippen molar-refractivity contribution in [1.29, 1.82) is 0 Å². The summed E-state index contributed by atoms with van der Waals surface area (Å²) in [5.74, 6) is -0.682. The fourth-order valence-electron chi connectivity index (χ4n) is 2.53. The molecular weight excluding hydrogens is 364 g/mol. The van der Waals surface area contributed by atoms with E-state index in [1.165, 1.54) is 28.2 Å². The molecule has 1 aliphatic rings. The minimum absolute atomic E-state index is 0.0837. The van der Waals surface area contributed by atoms with Gasteiger partial charge in [-0.25, -0.2) is 0 Å². The summed E-state index contributed by atoms with van der Waals surface area (Å²) in [6.07, 6.45) is 1.98. The van der Waals surface area contributed by atoms with E-state index < -0.39 is 5.91 Å². The summed E-state index contributed by atoms with van der Waals surface area (Å²) in [5.41, 5.74) is 0.744. The van der Waals surface area contributed by atoms with Crippen LogP contribution in [0.1, 0.15) is 33.7 Å². The highest BCUT2D eigenvalue weighted by Gasteiger charge is 2.25. The van der Waals surface area contributed by atoms with Gasteiger partial charge in [0.15, 0.2) is 0 Å². The van der Waals surface area contributed by atoms with Crippen LogP contribution in [0.15, 0.2) is 58.7 Å². The smallest absolute Gasteiger partial charge is 0.276 e. The molecule has 0 unspecified atom stereocenters. The van der Waals surface area contributed by atoms with E-state index >= 15 is 0 Å². The second-order valence-electron chi connectivity index (χ2n) is 6.17. The number of carbonyl (C=O) groups excluding carboxylic acids is 2. The van der Waals surface area contributed by atoms with Crippen LogP contribution in [0.2, 0.25) is 0 Å². The molecule has 2 heterocycles. The van der Waals surface area contributed by atoms with Gasteiger partial charge in [0, 0.05) is 12.1 Å². The Morgan fingerprint density at radius 2 is 1.81 bits per heavy atom. The summed E-state index contributed by atoms with van der Waals surface area (Å²) in [5, 5.41) is 12.0. The van der Waals surface area contributed by atoms with Gasteiger partial charge in [-0.05, 0) is 42.5 Å². The van der Waals surface area contributed by atoms with Crippen molar-refractivity contribution in [2.24, 2.45) is 0 Å². The molecule has 7 nitrogen and oxygen atoms in total. The van der Waals surface area contributed by atoms with Crippen molar-refractivity contribution in [3.05, 3.63) is 75.5 Å². The van der Waals surface area contributed by atoms with E-state index in [4.69, 9.17) is 0 Å². The van der Waals surface area contributed by atoms with Crippen LogP contribution in [0.5, 0.6) is 0 Å². The average Bonchev–Trinajstić information content (AvgIpc) is 3.37. The number of hydrogen-bond donors (Lipinski definition) is 2. The summed E-state index contributed by atoms with van der Waals surface area (Å²) in [6.45, 7) is 0. The molecule has 0 saturated heterocycles. The van der Waals surface area contributed by atoms with E-state index in [1.54, 1.807) is 35.7 Å². The van der Waals surface area contributed by atoms with E-state index in [0.717, 1.165) is 12.8 Å². The van der Waals surface area contributed by atoms with Gasteiger partial charge in [-0.15, -0.1) is 11.3 Å². The molecule has 0 spiro atoms. The Morgan fingerprint density at radius 1 is 1.04 bits per heavy atom. The second-order valence-corrected chi connectivity index (χ2v) is 7.09. The van der Waals surface area contributed by atoms with Gasteiger partial charge in [0.05, 0.1) is 11.3 Å². The first kappa shape index (κ1) is 17.2. The number of carbonyl (C=O) groups is 2. The maximum Gasteiger partial charge on any atom is 0.276 e. The Morgan fingerprint density at radius 3 is 2.56 bits per heavy atom. The van der Waals surface area contributed by atoms with Crippen LogP contribution in [-0.2, 0) is 0 Å². The molecule has 136 valence electrons. The molecule has 27 heavy (non-hydrogen) atoms. The Kier molecular flexibility index (Phi) is 4.55. The number of anilines is 1. The summed E-state index contributed by atoms with van der Waals surface area (Å²) >= 11 is 1.26. The molecule has 0 atom stereocenters. The van der Waals surface area contributed by atoms with Gasteiger partial charge in [0.1, 0.15) is 10.7 Å². The highest BCUT2D eigenvalue weighted by molar-refractivity contribution is 7.14. The molecule has 1 saturated carbocycles. The lowest BCUT2D eigenvalue weighted by Crippen LogP contribution is -2.27. The maximum atomic E-state index is 12.6. The normalized spacial score (nSPS) is 13.2. The van der Waals surface area contributed by atoms with E-state index in [1.807, 2.05) is 6.07 Å². The number of thiophene rings is 1. The molecule has 0 radical (unpaired) electrons. The van der Waals surface area contributed by atoms with Crippen molar-refractivity contribution >= 4 is 28.2 Å². The third-order valence-corrected chi connectivity index (χ3v) is 4.91. The van der Waals surface area contributed by atoms with Gasteiger partial charge in [0.2, 0.25) is 0 Å². The van der Waals surface area contributed by atoms with E-state index in [0.29, 0.717) is 16.3 Å². The van der Waals surface area contributed by atoms with Crippen molar-refractivity contribution in [2.45, 2.75) is 18.9 Å². The Balaban J connectivity index is 1.57. The number of para-hydroxylation sites is 1. The molecular formula is C19H16N4O3S. The van der Waals surface area contributed by atoms with E-state index in [-0.39, 0.29) is 23.2 Å². The third-order valence-electron chi connectivity index (χ3n) is 4.08. The molecule has 1 aliphatic carbocycles. The number of rotatable bonds is 5. The lowest BCUT2D eigenvalue weighted by Gasteiger charge is -2.08. The van der Waals surface area contributed by atoms with Gasteiger partial charge < -0.3 is 10.6 Å². The first-order valence-electron chi connectivity index (χ1n) is 8.47. The first-order chi connectivity index (χ1) is 13.1. The quantitative estimate of drug-likeness (QED) is 0.711. The molecule has 0 bridgehead atoms. The van der Waals surface area contributed by atoms with Gasteiger partial charge >= 0.3 is 0 Å². The topological polar surface area (TPSA) is 93.1 Å². The van der Waals surface area contributed by atoms with Crippen LogP contribution in [0.3, 0.4) is 0 Å². The lowest BCUT2D eigenvalue weighted by molar-refractivity contribution is 0.0952. The predicted octanol–water partition coefficient (Wildman–Crippen LogP) is 2.44. The fourth-order valence-corrected chi connectivity index (χ4v) is 3.31. The van der Waals surface area contributed by atoms with Crippen LogP contribution in [-0.4, -0.2) is 27.6 Å². The van der Waals surface area contributed by atoms with Crippen molar-refractivity contribution < 1.29 is 9.59 Å². The van der Waals surface area contributed by atoms with Crippen molar-refractivity contribution in [3.8, 4) is 5.69 Å². The Bertz CT molecular complexity index is 1050. The minimum Gasteiger partial charge on any atom is -0.349 e. The minimum atomic E-state index is -0.484. The second kappa shape index (κ2) is 7.16. The molecule has 1 fully saturated rings. The Labute approximate surface area is 158 Å². The van der Waals surface area contributed by atoms with Crippen LogP contribution in [0.25, 0.3) is 5.69 Å². The molecule has 0 aliphatic heterocycles. The average molecular weight is 380 g/mol. The summed E-state index contributed by atoms with van der Waals surface area (Å²) < 4.78 is 1.17. The first-order valence-corrected chi connectivity index (χ1v) is 9.35. The van der Waals surface area contributed by atoms with Crippen LogP contribution in [0.4, 0.5) is 5.00 Å². The molecule has 1 aromatic carbocycles. The third kappa shape index (κ3) is 3.80. The summed E-state index contributed by atoms with van der Waals surface area (Å²) in [6, 6.07) is 13.4. The molecule has 8 heteroatoms. The molecule has 2 amide bonds. The zero-order valence-corrected chi connectivity index (χ0v) is 15.0. The van der Waals surface area contributed by atoms with Crippen molar-refractivity contribution in [1.82, 2.24) is 15.1 Å². The molecule has 2 aromatic heterocycles. The zero-order chi connectivity index (χ0) is 18.8. The monoisotopic (exact) mass is 380 g/mol. The molecule has 3 aromatic rings. The standard InChI is InChI=1S/C19H16N4O3S/c24-16-9-8-15(22-23(16)13-4-2-1-3-5-13)18(26)21-19-14(10-11-27-19)17(25)20-12-6-7-12/h1-5,8-12H,6-7H2,(H,20,25)(H,21,26). The number of hydrogen-bond acceptors (Lipinski definition) is 5. The van der Waals surface area contributed by atoms with Gasteiger partial charge in [-0.1, -0.05) is 18.2 Å². The number of nitrogens with zero attached hydrogens (tertiary/aromatic N) is 2. The summed E-state index contributed by atoms with van der Waals surface area (Å²) in [7, 11) is 0. The fraction of sp³-hybridized carbons (Fsp3) is 0.158. The number of nitrogens with one attached hydrogen (secondary N) is 2. The van der Waals surface area contributed by atoms with Crippen LogP contribution < -0.4 is 16.2 Å². The van der Waals surface area contributed by atoms with Gasteiger partial charge in [0.25, 0.3) is 17.4 Å². The number of amides is 2. The number of aromatic nitrogens is 2. The maximum absolute atomic E-state index is 12.6. The van der Waals surface area contributed by atoms with Crippen molar-refractivity contribution in [2.75, 3.05) is 5.32 Å². The van der Waals surface area contributed by atoms with E-state index in [2.05, 4.69) is 15.7 Å². The summed E-state index contributed by atoms with van der Waals surface area (Å²) in [4.78, 5) is 36.9. The largest absolute Gasteiger partial charge is 0.349 e. The van der Waals surface area contributed by atoms with Gasteiger partial charge in [-0.2, -0.15) is 9.78 Å². The zero-order valence-electron chi connectivity index (χ0n) is 14.2. The predicted molar refractivity (Wildman–Crippen MR) is 103 cm³/mol. The SMILES string of the molecule is O=C(Nc1sccc1C(=O)NC1CC1)c1ccc(=O)n(-c2ccccc2)n1. The molecule has 2 N–H and O–H groups in total. The van der Waals surface area contributed by atoms with Gasteiger partial charge in [-0.3, -0.25) is 14.4 Å². The van der Waals surface area contributed by atoms with Crippen LogP contribution in [0, 0.1) is 0 Å². The van der Waals surface area contributed by atoms with Crippen LogP contribution >= 0.6 is 11.3 Å². The van der Waals surface area contributed by atoms with Crippen molar-refractivity contribution in [3.63, 3.8) is 0 Å². The molecule has 4 rings (SSSR count). The Hall–Kier alpha value is -3.26. The number of benzene rings is 1. The highest BCUT2D eigenvalue weighted by Crippen LogP contribution is 2.26. The van der Waals surface area contributed by atoms with E-state index in [9.17, 15) is 14.4 Å².